The van der Waals surface area contributed by atoms with Gasteiger partial charge in [-0.05, 0) is 43.9 Å². The van der Waals surface area contributed by atoms with Crippen LogP contribution in [0.2, 0.25) is 5.02 Å². The maximum atomic E-state index is 11.3. The summed E-state index contributed by atoms with van der Waals surface area (Å²) in [4.78, 5) is 11.3. The molecule has 0 amide bonds. The molecular formula is C14H17ClO4. The first-order chi connectivity index (χ1) is 8.86. The van der Waals surface area contributed by atoms with Gasteiger partial charge in [0.2, 0.25) is 6.79 Å². The summed E-state index contributed by atoms with van der Waals surface area (Å²) in [5.41, 5.74) is 0.991. The van der Waals surface area contributed by atoms with Crippen molar-refractivity contribution in [1.29, 1.82) is 0 Å². The fourth-order valence-electron chi connectivity index (χ4n) is 2.18. The van der Waals surface area contributed by atoms with Crippen LogP contribution < -0.4 is 9.47 Å². The summed E-state index contributed by atoms with van der Waals surface area (Å²) in [6.45, 7) is 5.55. The smallest absolute Gasteiger partial charge is 0.309 e. The second-order valence-electron chi connectivity index (χ2n) is 5.28. The van der Waals surface area contributed by atoms with Crippen molar-refractivity contribution >= 4 is 17.6 Å². The second-order valence-corrected chi connectivity index (χ2v) is 5.66. The van der Waals surface area contributed by atoms with E-state index in [1.807, 2.05) is 13.0 Å². The van der Waals surface area contributed by atoms with E-state index in [9.17, 15) is 9.90 Å². The van der Waals surface area contributed by atoms with Gasteiger partial charge < -0.3 is 14.6 Å². The molecule has 5 heteroatoms. The van der Waals surface area contributed by atoms with E-state index in [1.165, 1.54) is 0 Å². The Morgan fingerprint density at radius 2 is 2.16 bits per heavy atom. The van der Waals surface area contributed by atoms with Crippen molar-refractivity contribution < 1.29 is 19.4 Å². The molecule has 0 spiro atoms. The Bertz CT molecular complexity index is 523. The van der Waals surface area contributed by atoms with Crippen LogP contribution in [0.5, 0.6) is 11.5 Å². The molecule has 1 aromatic rings. The number of rotatable bonds is 4. The first-order valence-corrected chi connectivity index (χ1v) is 6.58. The number of carboxylic acids is 1. The van der Waals surface area contributed by atoms with E-state index in [4.69, 9.17) is 21.1 Å². The van der Waals surface area contributed by atoms with Crippen molar-refractivity contribution in [3.63, 3.8) is 0 Å². The van der Waals surface area contributed by atoms with E-state index in [0.717, 1.165) is 17.5 Å². The molecule has 0 unspecified atom stereocenters. The van der Waals surface area contributed by atoms with Gasteiger partial charge in [0.15, 0.2) is 11.5 Å². The number of carbonyl (C=O) groups is 1. The van der Waals surface area contributed by atoms with Crippen LogP contribution in [0.25, 0.3) is 0 Å². The van der Waals surface area contributed by atoms with Gasteiger partial charge >= 0.3 is 5.97 Å². The SMILES string of the molecule is CCc1c(CC(C)(C)C(=O)O)cc2c(c1Cl)OCO2. The van der Waals surface area contributed by atoms with Gasteiger partial charge in [-0.3, -0.25) is 4.79 Å². The highest BCUT2D eigenvalue weighted by atomic mass is 35.5. The number of benzene rings is 1. The standard InChI is InChI=1S/C14H17ClO4/c1-4-9-8(6-14(2,3)13(16)17)5-10-12(11(9)15)19-7-18-10/h5H,4,6-7H2,1-3H3,(H,16,17). The number of halogens is 1. The van der Waals surface area contributed by atoms with Crippen LogP contribution in [0.1, 0.15) is 31.9 Å². The summed E-state index contributed by atoms with van der Waals surface area (Å²) in [5.74, 6) is 0.331. The molecule has 4 nitrogen and oxygen atoms in total. The summed E-state index contributed by atoms with van der Waals surface area (Å²) in [7, 11) is 0. The van der Waals surface area contributed by atoms with Gasteiger partial charge in [0.05, 0.1) is 10.4 Å². The number of hydrogen-bond acceptors (Lipinski definition) is 3. The van der Waals surface area contributed by atoms with Crippen LogP contribution in [0, 0.1) is 5.41 Å². The van der Waals surface area contributed by atoms with Gasteiger partial charge in [-0.25, -0.2) is 0 Å². The number of carboxylic acid groups (broad SMARTS) is 1. The van der Waals surface area contributed by atoms with Gasteiger partial charge in [-0.1, -0.05) is 18.5 Å². The van der Waals surface area contributed by atoms with Gasteiger partial charge in [0.1, 0.15) is 0 Å². The maximum absolute atomic E-state index is 11.3. The molecule has 1 N–H and O–H groups in total. The number of aliphatic carboxylic acids is 1. The van der Waals surface area contributed by atoms with E-state index in [-0.39, 0.29) is 6.79 Å². The molecule has 0 saturated carbocycles. The van der Waals surface area contributed by atoms with Crippen molar-refractivity contribution in [1.82, 2.24) is 0 Å². The Morgan fingerprint density at radius 1 is 1.47 bits per heavy atom. The van der Waals surface area contributed by atoms with Crippen molar-refractivity contribution in [2.24, 2.45) is 5.41 Å². The van der Waals surface area contributed by atoms with Crippen molar-refractivity contribution in [2.45, 2.75) is 33.6 Å². The molecule has 0 saturated heterocycles. The van der Waals surface area contributed by atoms with Crippen molar-refractivity contribution in [3.05, 3.63) is 22.2 Å². The summed E-state index contributed by atoms with van der Waals surface area (Å²) >= 11 is 6.32. The molecule has 0 aromatic heterocycles. The first-order valence-electron chi connectivity index (χ1n) is 6.20. The van der Waals surface area contributed by atoms with Gasteiger partial charge in [-0.2, -0.15) is 0 Å². The minimum absolute atomic E-state index is 0.157. The topological polar surface area (TPSA) is 55.8 Å². The molecule has 2 rings (SSSR count). The molecular weight excluding hydrogens is 268 g/mol. The van der Waals surface area contributed by atoms with Crippen LogP contribution in [0.4, 0.5) is 0 Å². The monoisotopic (exact) mass is 284 g/mol. The molecule has 0 bridgehead atoms. The third kappa shape index (κ3) is 2.50. The molecule has 1 heterocycles. The lowest BCUT2D eigenvalue weighted by atomic mass is 9.83. The highest BCUT2D eigenvalue weighted by Crippen LogP contribution is 2.44. The van der Waals surface area contributed by atoms with Gasteiger partial charge in [0, 0.05) is 0 Å². The van der Waals surface area contributed by atoms with Crippen molar-refractivity contribution in [2.75, 3.05) is 6.79 Å². The summed E-state index contributed by atoms with van der Waals surface area (Å²) in [6.07, 6.45) is 1.13. The largest absolute Gasteiger partial charge is 0.481 e. The Morgan fingerprint density at radius 3 is 2.74 bits per heavy atom. The van der Waals surface area contributed by atoms with Crippen LogP contribution in [-0.2, 0) is 17.6 Å². The predicted molar refractivity (Wildman–Crippen MR) is 72.1 cm³/mol. The minimum atomic E-state index is -0.846. The lowest BCUT2D eigenvalue weighted by molar-refractivity contribution is -0.146. The molecule has 1 aliphatic heterocycles. The third-order valence-electron chi connectivity index (χ3n) is 3.36. The Hall–Kier alpha value is -1.42. The van der Waals surface area contributed by atoms with E-state index >= 15 is 0 Å². The molecule has 104 valence electrons. The first kappa shape index (κ1) is 14.0. The van der Waals surface area contributed by atoms with Gasteiger partial charge in [-0.15, -0.1) is 0 Å². The number of ether oxygens (including phenoxy) is 2. The predicted octanol–water partition coefficient (Wildman–Crippen LogP) is 3.28. The molecule has 0 fully saturated rings. The van der Waals surface area contributed by atoms with Gasteiger partial charge in [0.25, 0.3) is 0 Å². The lowest BCUT2D eigenvalue weighted by Gasteiger charge is -2.21. The van der Waals surface area contributed by atoms with Crippen LogP contribution in [0.3, 0.4) is 0 Å². The molecule has 0 aliphatic carbocycles. The molecule has 0 atom stereocenters. The summed E-state index contributed by atoms with van der Waals surface area (Å²) in [6, 6.07) is 1.84. The normalized spacial score (nSPS) is 13.7. The zero-order chi connectivity index (χ0) is 14.2. The zero-order valence-electron chi connectivity index (χ0n) is 11.2. The van der Waals surface area contributed by atoms with E-state index in [0.29, 0.717) is 22.9 Å². The Balaban J connectivity index is 2.46. The number of hydrogen-bond donors (Lipinski definition) is 1. The average Bonchev–Trinajstić information content (AvgIpc) is 2.77. The molecule has 0 radical (unpaired) electrons. The zero-order valence-corrected chi connectivity index (χ0v) is 12.0. The van der Waals surface area contributed by atoms with E-state index in [1.54, 1.807) is 13.8 Å². The third-order valence-corrected chi connectivity index (χ3v) is 3.76. The van der Waals surface area contributed by atoms with E-state index < -0.39 is 11.4 Å². The van der Waals surface area contributed by atoms with Crippen LogP contribution in [-0.4, -0.2) is 17.9 Å². The molecule has 1 aromatic carbocycles. The fourth-order valence-corrected chi connectivity index (χ4v) is 2.59. The number of fused-ring (bicyclic) bond motifs is 1. The quantitative estimate of drug-likeness (QED) is 0.922. The lowest BCUT2D eigenvalue weighted by Crippen LogP contribution is -2.26. The summed E-state index contributed by atoms with van der Waals surface area (Å²) < 4.78 is 10.7. The maximum Gasteiger partial charge on any atom is 0.309 e. The fraction of sp³-hybridized carbons (Fsp3) is 0.500. The highest BCUT2D eigenvalue weighted by Gasteiger charge is 2.31. The molecule has 19 heavy (non-hydrogen) atoms. The second kappa shape index (κ2) is 4.93. The van der Waals surface area contributed by atoms with Crippen LogP contribution >= 0.6 is 11.6 Å². The van der Waals surface area contributed by atoms with Crippen LogP contribution in [0.15, 0.2) is 6.07 Å². The van der Waals surface area contributed by atoms with E-state index in [2.05, 4.69) is 0 Å². The highest BCUT2D eigenvalue weighted by molar-refractivity contribution is 6.33. The summed E-state index contributed by atoms with van der Waals surface area (Å²) in [5, 5.41) is 9.78. The Labute approximate surface area is 117 Å². The minimum Gasteiger partial charge on any atom is -0.481 e. The Kier molecular flexibility index (Phi) is 3.63. The molecule has 1 aliphatic rings. The average molecular weight is 285 g/mol. The van der Waals surface area contributed by atoms with Crippen molar-refractivity contribution in [3.8, 4) is 11.5 Å².